The Morgan fingerprint density at radius 3 is 2.62 bits per heavy atom. The van der Waals surface area contributed by atoms with Gasteiger partial charge < -0.3 is 15.3 Å². The molecule has 2 aromatic carbocycles. The molecule has 0 radical (unpaired) electrons. The number of halogens is 1. The summed E-state index contributed by atoms with van der Waals surface area (Å²) < 4.78 is 0. The van der Waals surface area contributed by atoms with Crippen LogP contribution in [0, 0.1) is 5.41 Å². The first kappa shape index (κ1) is 18.7. The predicted octanol–water partition coefficient (Wildman–Crippen LogP) is 2.93. The van der Waals surface area contributed by atoms with Crippen LogP contribution in [0.15, 0.2) is 48.5 Å². The van der Waals surface area contributed by atoms with Gasteiger partial charge in [-0.05, 0) is 30.0 Å². The summed E-state index contributed by atoms with van der Waals surface area (Å²) in [5, 5.41) is 30.6. The first-order valence-corrected chi connectivity index (χ1v) is 8.94. The van der Waals surface area contributed by atoms with Gasteiger partial charge in [-0.2, -0.15) is 0 Å². The molecule has 1 saturated heterocycles. The molecule has 0 aliphatic carbocycles. The van der Waals surface area contributed by atoms with E-state index in [1.165, 1.54) is 6.07 Å². The van der Waals surface area contributed by atoms with Crippen LogP contribution < -0.4 is 0 Å². The number of carboxylic acids is 1. The number of nitrogens with zero attached hydrogens (tertiary/aromatic N) is 1. The number of aliphatic hydroxyl groups is 1. The van der Waals surface area contributed by atoms with Gasteiger partial charge in [0.05, 0.1) is 11.1 Å². The third-order valence-electron chi connectivity index (χ3n) is 5.10. The van der Waals surface area contributed by atoms with Crippen LogP contribution in [0.2, 0.25) is 5.02 Å². The minimum Gasteiger partial charge on any atom is -0.506 e. The number of benzene rings is 2. The van der Waals surface area contributed by atoms with Crippen LogP contribution in [0.3, 0.4) is 0 Å². The first-order chi connectivity index (χ1) is 12.4. The number of aliphatic carboxylic acids is 1. The number of aliphatic hydroxyl groups excluding tert-OH is 1. The van der Waals surface area contributed by atoms with Crippen molar-refractivity contribution in [2.24, 2.45) is 5.41 Å². The van der Waals surface area contributed by atoms with Gasteiger partial charge in [0, 0.05) is 19.6 Å². The zero-order valence-corrected chi connectivity index (χ0v) is 15.1. The fourth-order valence-electron chi connectivity index (χ4n) is 3.65. The number of likely N-dealkylation sites (tertiary alicyclic amines) is 1. The molecule has 5 nitrogen and oxygen atoms in total. The number of carbonyl (C=O) groups is 1. The van der Waals surface area contributed by atoms with Crippen molar-refractivity contribution in [1.29, 1.82) is 0 Å². The standard InChI is InChI=1S/C20H22ClNO4/c21-18-15(7-4-8-16(18)23)12-22-10-9-17(24)20(13-22,19(25)26)11-14-5-2-1-3-6-14/h1-8,17,23-24H,9-13H2,(H,25,26)/t17-,20-/m1/s1. The maximum absolute atomic E-state index is 12.2. The van der Waals surface area contributed by atoms with Crippen molar-refractivity contribution in [2.45, 2.75) is 25.5 Å². The van der Waals surface area contributed by atoms with E-state index in [9.17, 15) is 20.1 Å². The third kappa shape index (κ3) is 3.70. The molecule has 0 unspecified atom stereocenters. The van der Waals surface area contributed by atoms with Crippen LogP contribution in [0.5, 0.6) is 5.75 Å². The van der Waals surface area contributed by atoms with Crippen molar-refractivity contribution < 1.29 is 20.1 Å². The Hall–Kier alpha value is -2.08. The average molecular weight is 376 g/mol. The van der Waals surface area contributed by atoms with Gasteiger partial charge in [-0.15, -0.1) is 0 Å². The lowest BCUT2D eigenvalue weighted by Crippen LogP contribution is -2.56. The van der Waals surface area contributed by atoms with Gasteiger partial charge in [-0.3, -0.25) is 9.69 Å². The smallest absolute Gasteiger partial charge is 0.313 e. The molecule has 1 aliphatic heterocycles. The molecule has 1 heterocycles. The Morgan fingerprint density at radius 2 is 1.92 bits per heavy atom. The molecular formula is C20H22ClNO4. The van der Waals surface area contributed by atoms with Gasteiger partial charge in [-0.25, -0.2) is 0 Å². The van der Waals surface area contributed by atoms with Gasteiger partial charge in [0.25, 0.3) is 0 Å². The molecule has 26 heavy (non-hydrogen) atoms. The van der Waals surface area contributed by atoms with Gasteiger partial charge in [0.2, 0.25) is 0 Å². The van der Waals surface area contributed by atoms with E-state index in [4.69, 9.17) is 11.6 Å². The first-order valence-electron chi connectivity index (χ1n) is 8.56. The van der Waals surface area contributed by atoms with Gasteiger partial charge in [0.15, 0.2) is 0 Å². The highest BCUT2D eigenvalue weighted by molar-refractivity contribution is 6.32. The monoisotopic (exact) mass is 375 g/mol. The Bertz CT molecular complexity index is 783. The minimum atomic E-state index is -1.27. The molecule has 0 saturated carbocycles. The zero-order chi connectivity index (χ0) is 18.7. The molecule has 1 aliphatic rings. The van der Waals surface area contributed by atoms with E-state index in [0.717, 1.165) is 11.1 Å². The third-order valence-corrected chi connectivity index (χ3v) is 5.54. The highest BCUT2D eigenvalue weighted by Crippen LogP contribution is 2.36. The Morgan fingerprint density at radius 1 is 1.19 bits per heavy atom. The van der Waals surface area contributed by atoms with E-state index < -0.39 is 17.5 Å². The van der Waals surface area contributed by atoms with Gasteiger partial charge in [-0.1, -0.05) is 54.1 Å². The minimum absolute atomic E-state index is 0.00925. The molecule has 1 fully saturated rings. The molecule has 0 spiro atoms. The van der Waals surface area contributed by atoms with E-state index in [-0.39, 0.29) is 23.7 Å². The quantitative estimate of drug-likeness (QED) is 0.748. The Kier molecular flexibility index (Phi) is 5.51. The summed E-state index contributed by atoms with van der Waals surface area (Å²) in [5.74, 6) is -0.990. The lowest BCUT2D eigenvalue weighted by molar-refractivity contribution is -0.163. The highest BCUT2D eigenvalue weighted by Gasteiger charge is 2.49. The normalized spacial score (nSPS) is 23.7. The Balaban J connectivity index is 1.85. The van der Waals surface area contributed by atoms with Crippen molar-refractivity contribution in [1.82, 2.24) is 4.90 Å². The van der Waals surface area contributed by atoms with Crippen molar-refractivity contribution in [3.63, 3.8) is 0 Å². The summed E-state index contributed by atoms with van der Waals surface area (Å²) in [6, 6.07) is 14.4. The number of hydrogen-bond acceptors (Lipinski definition) is 4. The molecule has 3 rings (SSSR count). The molecule has 0 aromatic heterocycles. The van der Waals surface area contributed by atoms with E-state index in [0.29, 0.717) is 19.5 Å². The van der Waals surface area contributed by atoms with Crippen LogP contribution in [0.1, 0.15) is 17.5 Å². The molecular weight excluding hydrogens is 354 g/mol. The maximum Gasteiger partial charge on any atom is 0.313 e. The van der Waals surface area contributed by atoms with Crippen molar-refractivity contribution in [3.8, 4) is 5.75 Å². The fraction of sp³-hybridized carbons (Fsp3) is 0.350. The summed E-state index contributed by atoms with van der Waals surface area (Å²) in [6.07, 6.45) is -0.291. The van der Waals surface area contributed by atoms with Crippen LogP contribution in [-0.2, 0) is 17.8 Å². The summed E-state index contributed by atoms with van der Waals surface area (Å²) in [6.45, 7) is 1.20. The van der Waals surface area contributed by atoms with Crippen LogP contribution >= 0.6 is 11.6 Å². The van der Waals surface area contributed by atoms with E-state index in [1.807, 2.05) is 41.3 Å². The molecule has 0 amide bonds. The maximum atomic E-state index is 12.2. The number of aromatic hydroxyl groups is 1. The Labute approximate surface area is 157 Å². The molecule has 2 aromatic rings. The van der Waals surface area contributed by atoms with Crippen LogP contribution in [-0.4, -0.2) is 45.4 Å². The molecule has 138 valence electrons. The van der Waals surface area contributed by atoms with Gasteiger partial charge in [0.1, 0.15) is 11.2 Å². The van der Waals surface area contributed by atoms with Crippen LogP contribution in [0.4, 0.5) is 0 Å². The van der Waals surface area contributed by atoms with E-state index in [1.54, 1.807) is 6.07 Å². The van der Waals surface area contributed by atoms with Crippen molar-refractivity contribution in [2.75, 3.05) is 13.1 Å². The number of phenolic OH excluding ortho intramolecular Hbond substituents is 1. The van der Waals surface area contributed by atoms with Crippen molar-refractivity contribution in [3.05, 3.63) is 64.7 Å². The second-order valence-electron chi connectivity index (χ2n) is 6.89. The second kappa shape index (κ2) is 7.66. The summed E-state index contributed by atoms with van der Waals surface area (Å²) in [4.78, 5) is 14.1. The second-order valence-corrected chi connectivity index (χ2v) is 7.27. The summed E-state index contributed by atoms with van der Waals surface area (Å²) >= 11 is 6.16. The number of phenols is 1. The van der Waals surface area contributed by atoms with Crippen molar-refractivity contribution >= 4 is 17.6 Å². The van der Waals surface area contributed by atoms with E-state index >= 15 is 0 Å². The molecule has 0 bridgehead atoms. The SMILES string of the molecule is O=C(O)[C@]1(Cc2ccccc2)CN(Cc2cccc(O)c2Cl)CC[C@H]1O. The summed E-state index contributed by atoms with van der Waals surface area (Å²) in [7, 11) is 0. The number of piperidine rings is 1. The number of carboxylic acid groups (broad SMARTS) is 1. The molecule has 3 N–H and O–H groups in total. The van der Waals surface area contributed by atoms with Crippen LogP contribution in [0.25, 0.3) is 0 Å². The topological polar surface area (TPSA) is 81.0 Å². The van der Waals surface area contributed by atoms with Gasteiger partial charge >= 0.3 is 5.97 Å². The molecule has 6 heteroatoms. The highest BCUT2D eigenvalue weighted by atomic mass is 35.5. The lowest BCUT2D eigenvalue weighted by Gasteiger charge is -2.43. The number of hydrogen-bond donors (Lipinski definition) is 3. The average Bonchev–Trinajstić information content (AvgIpc) is 2.62. The van der Waals surface area contributed by atoms with E-state index in [2.05, 4.69) is 0 Å². The largest absolute Gasteiger partial charge is 0.506 e. The lowest BCUT2D eigenvalue weighted by atomic mass is 9.72. The fourth-order valence-corrected chi connectivity index (χ4v) is 3.83. The summed E-state index contributed by atoms with van der Waals surface area (Å²) in [5.41, 5.74) is 0.344. The number of rotatable bonds is 5. The predicted molar refractivity (Wildman–Crippen MR) is 99.2 cm³/mol. The molecule has 2 atom stereocenters. The zero-order valence-electron chi connectivity index (χ0n) is 14.3.